The lowest BCUT2D eigenvalue weighted by molar-refractivity contribution is 0.219. The molecule has 0 aliphatic carbocycles. The molecule has 5 nitrogen and oxygen atoms in total. The van der Waals surface area contributed by atoms with Crippen LogP contribution >= 0.6 is 0 Å². The summed E-state index contributed by atoms with van der Waals surface area (Å²) in [4.78, 5) is 14.2. The summed E-state index contributed by atoms with van der Waals surface area (Å²) < 4.78 is 5.82. The summed E-state index contributed by atoms with van der Waals surface area (Å²) in [5.41, 5.74) is 0. The highest BCUT2D eigenvalue weighted by Gasteiger charge is 2.09. The van der Waals surface area contributed by atoms with Crippen LogP contribution in [0.3, 0.4) is 0 Å². The van der Waals surface area contributed by atoms with E-state index in [1.54, 1.807) is 0 Å². The van der Waals surface area contributed by atoms with Gasteiger partial charge in [-0.25, -0.2) is 4.79 Å². The van der Waals surface area contributed by atoms with Crippen LogP contribution < -0.4 is 15.4 Å². The van der Waals surface area contributed by atoms with Gasteiger partial charge < -0.3 is 20.3 Å². The summed E-state index contributed by atoms with van der Waals surface area (Å²) in [6.45, 7) is 4.87. The molecule has 25 heavy (non-hydrogen) atoms. The average molecular weight is 341 g/mol. The van der Waals surface area contributed by atoms with Crippen molar-refractivity contribution in [2.24, 2.45) is 0 Å². The van der Waals surface area contributed by atoms with E-state index in [4.69, 9.17) is 4.74 Å². The summed E-state index contributed by atoms with van der Waals surface area (Å²) in [5.74, 6) is 0.852. The van der Waals surface area contributed by atoms with E-state index in [1.165, 1.54) is 19.3 Å². The predicted molar refractivity (Wildman–Crippen MR) is 101 cm³/mol. The zero-order valence-electron chi connectivity index (χ0n) is 14.7. The molecule has 1 fully saturated rings. The van der Waals surface area contributed by atoms with Gasteiger partial charge in [0.1, 0.15) is 12.4 Å². The smallest absolute Gasteiger partial charge is 0.314 e. The molecule has 2 aromatic rings. The fraction of sp³-hybridized carbons (Fsp3) is 0.450. The zero-order valence-corrected chi connectivity index (χ0v) is 14.7. The molecule has 0 atom stereocenters. The molecular weight excluding hydrogens is 314 g/mol. The van der Waals surface area contributed by atoms with Crippen LogP contribution in [0, 0.1) is 0 Å². The molecule has 1 aliphatic heterocycles. The van der Waals surface area contributed by atoms with Gasteiger partial charge in [-0.3, -0.25) is 0 Å². The van der Waals surface area contributed by atoms with Gasteiger partial charge in [0.25, 0.3) is 0 Å². The Morgan fingerprint density at radius 2 is 1.72 bits per heavy atom. The van der Waals surface area contributed by atoms with Crippen molar-refractivity contribution in [2.45, 2.75) is 19.3 Å². The molecular formula is C20H27N3O2. The number of rotatable bonds is 7. The number of ether oxygens (including phenoxy) is 1. The number of benzene rings is 2. The van der Waals surface area contributed by atoms with Crippen LogP contribution in [-0.4, -0.2) is 50.3 Å². The maximum atomic E-state index is 11.8. The molecule has 0 bridgehead atoms. The fourth-order valence-electron chi connectivity index (χ4n) is 3.22. The maximum absolute atomic E-state index is 11.8. The third kappa shape index (κ3) is 5.36. The molecule has 0 spiro atoms. The van der Waals surface area contributed by atoms with Crippen molar-refractivity contribution in [1.29, 1.82) is 0 Å². The second-order valence-corrected chi connectivity index (χ2v) is 6.41. The Morgan fingerprint density at radius 1 is 0.960 bits per heavy atom. The number of fused-ring (bicyclic) bond motifs is 1. The molecule has 1 saturated heterocycles. The Labute approximate surface area is 149 Å². The third-order valence-electron chi connectivity index (χ3n) is 4.56. The number of carbonyl (C=O) groups is 1. The van der Waals surface area contributed by atoms with Gasteiger partial charge in [0, 0.05) is 18.5 Å². The second kappa shape index (κ2) is 9.28. The number of nitrogens with zero attached hydrogens (tertiary/aromatic N) is 1. The van der Waals surface area contributed by atoms with Crippen LogP contribution in [0.5, 0.6) is 5.75 Å². The number of nitrogens with one attached hydrogen (secondary N) is 2. The minimum absolute atomic E-state index is 0.126. The lowest BCUT2D eigenvalue weighted by Gasteiger charge is -2.26. The summed E-state index contributed by atoms with van der Waals surface area (Å²) >= 11 is 0. The number of urea groups is 1. The minimum Gasteiger partial charge on any atom is -0.491 e. The zero-order chi connectivity index (χ0) is 17.3. The Morgan fingerprint density at radius 3 is 2.60 bits per heavy atom. The van der Waals surface area contributed by atoms with Crippen molar-refractivity contribution >= 4 is 16.8 Å². The van der Waals surface area contributed by atoms with Crippen molar-refractivity contribution in [3.63, 3.8) is 0 Å². The quantitative estimate of drug-likeness (QED) is 0.761. The van der Waals surface area contributed by atoms with E-state index in [2.05, 4.69) is 27.7 Å². The molecule has 2 amide bonds. The van der Waals surface area contributed by atoms with Gasteiger partial charge in [-0.15, -0.1) is 0 Å². The molecule has 1 heterocycles. The average Bonchev–Trinajstić information content (AvgIpc) is 2.66. The standard InChI is InChI=1S/C20H27N3O2/c24-20(21-11-15-23-13-4-1-5-14-23)22-12-16-25-19-10-6-8-17-7-2-3-9-18(17)19/h2-3,6-10H,1,4-5,11-16H2,(H2,21,22,24). The van der Waals surface area contributed by atoms with Crippen LogP contribution in [0.1, 0.15) is 19.3 Å². The van der Waals surface area contributed by atoms with E-state index in [9.17, 15) is 4.79 Å². The van der Waals surface area contributed by atoms with E-state index in [0.717, 1.165) is 36.2 Å². The molecule has 0 saturated carbocycles. The van der Waals surface area contributed by atoms with Gasteiger partial charge in [-0.1, -0.05) is 42.8 Å². The van der Waals surface area contributed by atoms with Gasteiger partial charge >= 0.3 is 6.03 Å². The number of hydrogen-bond acceptors (Lipinski definition) is 3. The lowest BCUT2D eigenvalue weighted by Crippen LogP contribution is -2.42. The Bertz CT molecular complexity index is 678. The van der Waals surface area contributed by atoms with Crippen molar-refractivity contribution in [3.8, 4) is 5.75 Å². The van der Waals surface area contributed by atoms with Gasteiger partial charge in [-0.2, -0.15) is 0 Å². The van der Waals surface area contributed by atoms with Crippen molar-refractivity contribution in [2.75, 3.05) is 39.3 Å². The molecule has 134 valence electrons. The Hall–Kier alpha value is -2.27. The van der Waals surface area contributed by atoms with Crippen LogP contribution in [0.25, 0.3) is 10.8 Å². The first-order valence-electron chi connectivity index (χ1n) is 9.17. The summed E-state index contributed by atoms with van der Waals surface area (Å²) in [6.07, 6.45) is 3.89. The predicted octanol–water partition coefficient (Wildman–Crippen LogP) is 3.00. The largest absolute Gasteiger partial charge is 0.491 e. The van der Waals surface area contributed by atoms with Crippen molar-refractivity contribution < 1.29 is 9.53 Å². The van der Waals surface area contributed by atoms with Gasteiger partial charge in [0.05, 0.1) is 6.54 Å². The summed E-state index contributed by atoms with van der Waals surface area (Å²) in [5, 5.41) is 8.01. The van der Waals surface area contributed by atoms with Crippen LogP contribution in [0.2, 0.25) is 0 Å². The molecule has 3 rings (SSSR count). The van der Waals surface area contributed by atoms with E-state index >= 15 is 0 Å². The van der Waals surface area contributed by atoms with Gasteiger partial charge in [0.2, 0.25) is 0 Å². The van der Waals surface area contributed by atoms with Crippen LogP contribution in [0.4, 0.5) is 4.79 Å². The lowest BCUT2D eigenvalue weighted by atomic mass is 10.1. The van der Waals surface area contributed by atoms with E-state index in [0.29, 0.717) is 19.7 Å². The first-order valence-corrected chi connectivity index (χ1v) is 9.17. The Kier molecular flexibility index (Phi) is 6.51. The summed E-state index contributed by atoms with van der Waals surface area (Å²) in [6, 6.07) is 14.0. The Balaban J connectivity index is 1.33. The highest BCUT2D eigenvalue weighted by molar-refractivity contribution is 5.88. The fourth-order valence-corrected chi connectivity index (χ4v) is 3.22. The summed E-state index contributed by atoms with van der Waals surface area (Å²) in [7, 11) is 0. The normalized spacial score (nSPS) is 15.0. The molecule has 1 aliphatic rings. The number of likely N-dealkylation sites (tertiary alicyclic amines) is 1. The van der Waals surface area contributed by atoms with Crippen LogP contribution in [-0.2, 0) is 0 Å². The third-order valence-corrected chi connectivity index (χ3v) is 4.56. The van der Waals surface area contributed by atoms with E-state index < -0.39 is 0 Å². The molecule has 2 N–H and O–H groups in total. The molecule has 0 radical (unpaired) electrons. The first-order chi connectivity index (χ1) is 12.3. The molecule has 0 unspecified atom stereocenters. The molecule has 0 aromatic heterocycles. The van der Waals surface area contributed by atoms with E-state index in [1.807, 2.05) is 30.3 Å². The second-order valence-electron chi connectivity index (χ2n) is 6.41. The maximum Gasteiger partial charge on any atom is 0.314 e. The highest BCUT2D eigenvalue weighted by Crippen LogP contribution is 2.24. The van der Waals surface area contributed by atoms with Crippen LogP contribution in [0.15, 0.2) is 42.5 Å². The molecule has 2 aromatic carbocycles. The highest BCUT2D eigenvalue weighted by atomic mass is 16.5. The minimum atomic E-state index is -0.126. The topological polar surface area (TPSA) is 53.6 Å². The number of carbonyl (C=O) groups excluding carboxylic acids is 1. The molecule has 5 heteroatoms. The number of hydrogen-bond donors (Lipinski definition) is 2. The van der Waals surface area contributed by atoms with Gasteiger partial charge in [0.15, 0.2) is 0 Å². The first kappa shape index (κ1) is 17.5. The van der Waals surface area contributed by atoms with Gasteiger partial charge in [-0.05, 0) is 37.4 Å². The van der Waals surface area contributed by atoms with Crippen molar-refractivity contribution in [1.82, 2.24) is 15.5 Å². The monoisotopic (exact) mass is 341 g/mol. The number of amides is 2. The van der Waals surface area contributed by atoms with E-state index in [-0.39, 0.29) is 6.03 Å². The number of piperidine rings is 1. The SMILES string of the molecule is O=C(NCCOc1cccc2ccccc12)NCCN1CCCCC1. The van der Waals surface area contributed by atoms with Crippen molar-refractivity contribution in [3.05, 3.63) is 42.5 Å².